The molecular formula is C12H18N4O2. The Bertz CT molecular complexity index is 518. The number of rotatable bonds is 5. The Hall–Kier alpha value is -1.82. The molecule has 1 N–H and O–H groups in total. The maximum Gasteiger partial charge on any atom is 0.163 e. The van der Waals surface area contributed by atoms with Crippen LogP contribution in [0.2, 0.25) is 0 Å². The summed E-state index contributed by atoms with van der Waals surface area (Å²) in [5.74, 6) is 0.595. The number of aryl methyl sites for hydroxylation is 2. The van der Waals surface area contributed by atoms with Crippen LogP contribution >= 0.6 is 0 Å². The lowest BCUT2D eigenvalue weighted by atomic mass is 10.1. The second-order valence-electron chi connectivity index (χ2n) is 4.10. The van der Waals surface area contributed by atoms with Crippen molar-refractivity contribution in [2.75, 3.05) is 7.11 Å². The molecule has 6 nitrogen and oxygen atoms in total. The van der Waals surface area contributed by atoms with Crippen LogP contribution in [0.4, 0.5) is 0 Å². The number of hydrogen-bond donors (Lipinski definition) is 1. The first-order chi connectivity index (χ1) is 8.69. The number of methoxy groups -OCH3 is 1. The summed E-state index contributed by atoms with van der Waals surface area (Å²) in [6.45, 7) is 2.81. The van der Waals surface area contributed by atoms with Crippen molar-refractivity contribution >= 4 is 0 Å². The van der Waals surface area contributed by atoms with E-state index in [0.29, 0.717) is 17.1 Å². The van der Waals surface area contributed by atoms with E-state index < -0.39 is 6.10 Å². The topological polar surface area (TPSA) is 65.1 Å². The highest BCUT2D eigenvalue weighted by molar-refractivity contribution is 5.32. The van der Waals surface area contributed by atoms with E-state index in [-0.39, 0.29) is 0 Å². The Morgan fingerprint density at radius 3 is 2.78 bits per heavy atom. The van der Waals surface area contributed by atoms with Crippen LogP contribution in [0.3, 0.4) is 0 Å². The molecule has 2 aromatic heterocycles. The van der Waals surface area contributed by atoms with Crippen LogP contribution in [0.5, 0.6) is 5.75 Å². The normalized spacial score (nSPS) is 12.7. The van der Waals surface area contributed by atoms with Crippen LogP contribution in [0.15, 0.2) is 18.5 Å². The molecule has 2 heterocycles. The van der Waals surface area contributed by atoms with Crippen molar-refractivity contribution in [2.24, 2.45) is 7.05 Å². The molecule has 0 amide bonds. The lowest BCUT2D eigenvalue weighted by Crippen LogP contribution is -2.14. The van der Waals surface area contributed by atoms with Gasteiger partial charge in [-0.05, 0) is 12.5 Å². The van der Waals surface area contributed by atoms with Crippen LogP contribution in [-0.4, -0.2) is 31.8 Å². The quantitative estimate of drug-likeness (QED) is 0.863. The van der Waals surface area contributed by atoms with Gasteiger partial charge in [0.2, 0.25) is 0 Å². The Kier molecular flexibility index (Phi) is 3.66. The maximum atomic E-state index is 10.5. The first kappa shape index (κ1) is 12.6. The second-order valence-corrected chi connectivity index (χ2v) is 4.10. The number of ether oxygens (including phenoxy) is 1. The Morgan fingerprint density at radius 1 is 1.44 bits per heavy atom. The highest BCUT2D eigenvalue weighted by Crippen LogP contribution is 2.29. The lowest BCUT2D eigenvalue weighted by Gasteiger charge is -2.14. The lowest BCUT2D eigenvalue weighted by molar-refractivity contribution is 0.192. The summed E-state index contributed by atoms with van der Waals surface area (Å²) in [4.78, 5) is 0. The zero-order valence-electron chi connectivity index (χ0n) is 10.9. The van der Waals surface area contributed by atoms with Crippen molar-refractivity contribution in [3.63, 3.8) is 0 Å². The monoisotopic (exact) mass is 250 g/mol. The average molecular weight is 250 g/mol. The standard InChI is InChI=1S/C12H18N4O2/c1-4-7-16-11(10(18-3)8-14-16)12(17)9-5-6-13-15(9)2/h5-6,8,12,17H,4,7H2,1-3H3. The number of nitrogens with zero attached hydrogens (tertiary/aromatic N) is 4. The summed E-state index contributed by atoms with van der Waals surface area (Å²) in [6, 6.07) is 1.79. The van der Waals surface area contributed by atoms with Gasteiger partial charge in [0.1, 0.15) is 11.8 Å². The fourth-order valence-electron chi connectivity index (χ4n) is 1.99. The Morgan fingerprint density at radius 2 is 2.22 bits per heavy atom. The number of aromatic nitrogens is 4. The van der Waals surface area contributed by atoms with Gasteiger partial charge in [0.25, 0.3) is 0 Å². The summed E-state index contributed by atoms with van der Waals surface area (Å²) < 4.78 is 8.68. The van der Waals surface area contributed by atoms with Gasteiger partial charge in [-0.15, -0.1) is 0 Å². The molecule has 0 bridgehead atoms. The molecule has 2 aromatic rings. The summed E-state index contributed by atoms with van der Waals surface area (Å²) in [7, 11) is 3.37. The van der Waals surface area contributed by atoms with Crippen LogP contribution in [-0.2, 0) is 13.6 Å². The first-order valence-corrected chi connectivity index (χ1v) is 5.94. The zero-order chi connectivity index (χ0) is 13.1. The largest absolute Gasteiger partial charge is 0.493 e. The van der Waals surface area contributed by atoms with Gasteiger partial charge >= 0.3 is 0 Å². The summed E-state index contributed by atoms with van der Waals surface area (Å²) in [5, 5.41) is 18.8. The summed E-state index contributed by atoms with van der Waals surface area (Å²) in [5.41, 5.74) is 1.38. The summed E-state index contributed by atoms with van der Waals surface area (Å²) in [6.07, 6.45) is 3.44. The molecule has 18 heavy (non-hydrogen) atoms. The van der Waals surface area contributed by atoms with Gasteiger partial charge in [-0.3, -0.25) is 9.36 Å². The minimum atomic E-state index is -0.790. The fourth-order valence-corrected chi connectivity index (χ4v) is 1.99. The van der Waals surface area contributed by atoms with Crippen LogP contribution in [0, 0.1) is 0 Å². The van der Waals surface area contributed by atoms with Crippen molar-refractivity contribution < 1.29 is 9.84 Å². The van der Waals surface area contributed by atoms with Gasteiger partial charge in [0.05, 0.1) is 19.0 Å². The van der Waals surface area contributed by atoms with E-state index in [2.05, 4.69) is 17.1 Å². The van der Waals surface area contributed by atoms with E-state index in [1.165, 1.54) is 0 Å². The maximum absolute atomic E-state index is 10.5. The fraction of sp³-hybridized carbons (Fsp3) is 0.500. The van der Waals surface area contributed by atoms with Gasteiger partial charge in [-0.1, -0.05) is 6.92 Å². The molecule has 6 heteroatoms. The number of aliphatic hydroxyl groups excluding tert-OH is 1. The highest BCUT2D eigenvalue weighted by Gasteiger charge is 2.23. The first-order valence-electron chi connectivity index (χ1n) is 5.94. The molecule has 0 saturated carbocycles. The highest BCUT2D eigenvalue weighted by atomic mass is 16.5. The molecule has 0 aliphatic rings. The third kappa shape index (κ3) is 2.11. The second kappa shape index (κ2) is 5.22. The van der Waals surface area contributed by atoms with E-state index in [9.17, 15) is 5.11 Å². The SMILES string of the molecule is CCCn1ncc(OC)c1C(O)c1ccnn1C. The average Bonchev–Trinajstić information content (AvgIpc) is 2.95. The molecule has 0 spiro atoms. The van der Waals surface area contributed by atoms with Gasteiger partial charge in [-0.25, -0.2) is 0 Å². The number of aliphatic hydroxyl groups is 1. The zero-order valence-corrected chi connectivity index (χ0v) is 10.9. The van der Waals surface area contributed by atoms with Crippen molar-refractivity contribution in [2.45, 2.75) is 26.0 Å². The molecule has 2 rings (SSSR count). The predicted octanol–water partition coefficient (Wildman–Crippen LogP) is 1.12. The molecule has 0 aliphatic heterocycles. The van der Waals surface area contributed by atoms with Crippen molar-refractivity contribution in [3.05, 3.63) is 29.8 Å². The van der Waals surface area contributed by atoms with Crippen LogP contribution in [0.25, 0.3) is 0 Å². The van der Waals surface area contributed by atoms with E-state index in [1.807, 2.05) is 0 Å². The minimum Gasteiger partial charge on any atom is -0.493 e. The molecule has 1 atom stereocenters. The van der Waals surface area contributed by atoms with Crippen LogP contribution < -0.4 is 4.74 Å². The van der Waals surface area contributed by atoms with E-state index in [0.717, 1.165) is 13.0 Å². The number of hydrogen-bond acceptors (Lipinski definition) is 4. The van der Waals surface area contributed by atoms with Crippen LogP contribution in [0.1, 0.15) is 30.8 Å². The molecule has 0 radical (unpaired) electrons. The third-order valence-corrected chi connectivity index (χ3v) is 2.90. The van der Waals surface area contributed by atoms with Gasteiger partial charge in [0, 0.05) is 19.8 Å². The van der Waals surface area contributed by atoms with Crippen molar-refractivity contribution in [3.8, 4) is 5.75 Å². The molecule has 0 saturated heterocycles. The minimum absolute atomic E-state index is 0.595. The van der Waals surface area contributed by atoms with E-state index in [1.54, 1.807) is 42.0 Å². The van der Waals surface area contributed by atoms with E-state index >= 15 is 0 Å². The van der Waals surface area contributed by atoms with Crippen molar-refractivity contribution in [1.82, 2.24) is 19.6 Å². The molecule has 0 aromatic carbocycles. The van der Waals surface area contributed by atoms with Gasteiger partial charge in [0.15, 0.2) is 5.75 Å². The Balaban J connectivity index is 2.42. The molecule has 0 fully saturated rings. The molecule has 98 valence electrons. The van der Waals surface area contributed by atoms with E-state index in [4.69, 9.17) is 4.74 Å². The third-order valence-electron chi connectivity index (χ3n) is 2.90. The predicted molar refractivity (Wildman–Crippen MR) is 66.3 cm³/mol. The molecule has 1 unspecified atom stereocenters. The Labute approximate surface area is 106 Å². The van der Waals surface area contributed by atoms with Crippen molar-refractivity contribution in [1.29, 1.82) is 0 Å². The molecular weight excluding hydrogens is 232 g/mol. The van der Waals surface area contributed by atoms with Gasteiger partial charge < -0.3 is 9.84 Å². The smallest absolute Gasteiger partial charge is 0.163 e. The van der Waals surface area contributed by atoms with Gasteiger partial charge in [-0.2, -0.15) is 10.2 Å². The summed E-state index contributed by atoms with van der Waals surface area (Å²) >= 11 is 0. The molecule has 0 aliphatic carbocycles.